The van der Waals surface area contributed by atoms with Crippen LogP contribution >= 0.6 is 0 Å². The van der Waals surface area contributed by atoms with Gasteiger partial charge in [0.15, 0.2) is 0 Å². The summed E-state index contributed by atoms with van der Waals surface area (Å²) in [6, 6.07) is 0. The minimum atomic E-state index is -8.09. The molecule has 1 fully saturated rings. The number of alkyl halides is 13. The SMILES string of the molecule is O=C(O)CC1(C(F)(F)C(F)(F)C(F)(F)C(F)(F)C(F)(F)C(F)(F)F)OCCO1. The maximum Gasteiger partial charge on any atom is 0.460 e. The van der Waals surface area contributed by atoms with Gasteiger partial charge in [0.25, 0.3) is 5.79 Å². The van der Waals surface area contributed by atoms with Gasteiger partial charge in [0.05, 0.1) is 13.2 Å². The van der Waals surface area contributed by atoms with Gasteiger partial charge < -0.3 is 14.6 Å². The quantitative estimate of drug-likeness (QED) is 0.598. The molecule has 0 amide bonds. The van der Waals surface area contributed by atoms with Crippen LogP contribution in [0.5, 0.6) is 0 Å². The van der Waals surface area contributed by atoms with E-state index in [4.69, 9.17) is 5.11 Å². The van der Waals surface area contributed by atoms with Crippen molar-refractivity contribution < 1.29 is 76.5 Å². The van der Waals surface area contributed by atoms with Crippen LogP contribution in [-0.4, -0.2) is 65.9 Å². The Morgan fingerprint density at radius 1 is 0.714 bits per heavy atom. The molecule has 1 N–H and O–H groups in total. The van der Waals surface area contributed by atoms with Crippen LogP contribution in [0.2, 0.25) is 0 Å². The molecule has 166 valence electrons. The van der Waals surface area contributed by atoms with Gasteiger partial charge >= 0.3 is 41.8 Å². The van der Waals surface area contributed by atoms with E-state index in [1.165, 1.54) is 0 Å². The van der Waals surface area contributed by atoms with Gasteiger partial charge in [-0.15, -0.1) is 0 Å². The molecule has 1 saturated heterocycles. The van der Waals surface area contributed by atoms with Gasteiger partial charge in [-0.3, -0.25) is 4.79 Å². The lowest BCUT2D eigenvalue weighted by Gasteiger charge is -2.43. The van der Waals surface area contributed by atoms with E-state index in [0.29, 0.717) is 0 Å². The van der Waals surface area contributed by atoms with E-state index in [0.717, 1.165) is 0 Å². The number of carboxylic acids is 1. The van der Waals surface area contributed by atoms with E-state index < -0.39 is 67.2 Å². The molecule has 0 saturated carbocycles. The second-order valence-corrected chi connectivity index (χ2v) is 5.39. The van der Waals surface area contributed by atoms with Crippen molar-refractivity contribution in [2.24, 2.45) is 0 Å². The third-order valence-electron chi connectivity index (χ3n) is 3.55. The lowest BCUT2D eigenvalue weighted by molar-refractivity contribution is -0.460. The largest absolute Gasteiger partial charge is 0.481 e. The van der Waals surface area contributed by atoms with E-state index in [1.807, 2.05) is 0 Å². The molecule has 0 unspecified atom stereocenters. The number of carboxylic acid groups (broad SMARTS) is 1. The molecular formula is C11H7F13O4. The molecule has 0 aliphatic carbocycles. The zero-order valence-corrected chi connectivity index (χ0v) is 12.7. The maximum absolute atomic E-state index is 14.0. The highest BCUT2D eigenvalue weighted by Crippen LogP contribution is 2.62. The smallest absolute Gasteiger partial charge is 0.460 e. The Kier molecular flexibility index (Phi) is 5.69. The number of ether oxygens (including phenoxy) is 2. The standard InChI is InChI=1S/C11H7F13O4/c12-6(13,5(3-4(25)26)27-1-2-28-5)7(14,15)8(16,17)9(18,19)10(20,21)11(22,23)24/h1-3H2,(H,25,26). The fourth-order valence-corrected chi connectivity index (χ4v) is 2.06. The van der Waals surface area contributed by atoms with Crippen molar-refractivity contribution >= 4 is 5.97 Å². The highest BCUT2D eigenvalue weighted by molar-refractivity contribution is 5.68. The van der Waals surface area contributed by atoms with Crippen molar-refractivity contribution in [2.75, 3.05) is 13.2 Å². The molecule has 0 bridgehead atoms. The Balaban J connectivity index is 3.59. The third kappa shape index (κ3) is 3.05. The maximum atomic E-state index is 14.0. The van der Waals surface area contributed by atoms with Gasteiger partial charge in [-0.1, -0.05) is 0 Å². The molecule has 0 aromatic carbocycles. The molecular weight excluding hydrogens is 443 g/mol. The molecule has 17 heteroatoms. The van der Waals surface area contributed by atoms with Crippen molar-refractivity contribution in [2.45, 2.75) is 48.0 Å². The average Bonchev–Trinajstić information content (AvgIpc) is 2.94. The Morgan fingerprint density at radius 3 is 1.39 bits per heavy atom. The van der Waals surface area contributed by atoms with Crippen molar-refractivity contribution in [3.63, 3.8) is 0 Å². The molecule has 0 atom stereocenters. The summed E-state index contributed by atoms with van der Waals surface area (Å²) in [6.07, 6.45) is -9.91. The third-order valence-corrected chi connectivity index (χ3v) is 3.55. The number of hydrogen-bond acceptors (Lipinski definition) is 3. The molecule has 4 nitrogen and oxygen atoms in total. The molecule has 1 rings (SSSR count). The highest BCUT2D eigenvalue weighted by atomic mass is 19.4. The zero-order chi connectivity index (χ0) is 22.6. The first-order chi connectivity index (χ1) is 12.1. The molecule has 1 heterocycles. The van der Waals surface area contributed by atoms with Crippen LogP contribution in [0.15, 0.2) is 0 Å². The van der Waals surface area contributed by atoms with Crippen LogP contribution in [0.4, 0.5) is 57.1 Å². The first-order valence-corrected chi connectivity index (χ1v) is 6.58. The summed E-state index contributed by atoms with van der Waals surface area (Å²) in [6.45, 7) is -2.28. The summed E-state index contributed by atoms with van der Waals surface area (Å²) >= 11 is 0. The lowest BCUT2D eigenvalue weighted by Crippen LogP contribution is -2.74. The Bertz CT molecular complexity index is 606. The fourth-order valence-electron chi connectivity index (χ4n) is 2.06. The number of rotatable bonds is 7. The van der Waals surface area contributed by atoms with E-state index >= 15 is 0 Å². The van der Waals surface area contributed by atoms with Gasteiger partial charge in [0.2, 0.25) is 0 Å². The molecule has 0 radical (unpaired) electrons. The van der Waals surface area contributed by atoms with Crippen LogP contribution in [0.1, 0.15) is 6.42 Å². The molecule has 1 aliphatic heterocycles. The van der Waals surface area contributed by atoms with E-state index in [9.17, 15) is 61.9 Å². The predicted octanol–water partition coefficient (Wildman–Crippen LogP) is 3.94. The van der Waals surface area contributed by atoms with Crippen molar-refractivity contribution in [1.82, 2.24) is 0 Å². The molecule has 0 spiro atoms. The van der Waals surface area contributed by atoms with Gasteiger partial charge in [-0.05, 0) is 0 Å². The Hall–Kier alpha value is -1.52. The topological polar surface area (TPSA) is 55.8 Å². The molecule has 0 aromatic rings. The molecule has 0 aromatic heterocycles. The highest BCUT2D eigenvalue weighted by Gasteiger charge is 2.93. The van der Waals surface area contributed by atoms with Crippen LogP contribution in [0, 0.1) is 0 Å². The monoisotopic (exact) mass is 450 g/mol. The van der Waals surface area contributed by atoms with Gasteiger partial charge in [-0.2, -0.15) is 57.1 Å². The van der Waals surface area contributed by atoms with Crippen molar-refractivity contribution in [1.29, 1.82) is 0 Å². The summed E-state index contributed by atoms with van der Waals surface area (Å²) < 4.78 is 178. The van der Waals surface area contributed by atoms with Crippen LogP contribution < -0.4 is 0 Å². The first kappa shape index (κ1) is 24.5. The van der Waals surface area contributed by atoms with E-state index in [1.54, 1.807) is 0 Å². The van der Waals surface area contributed by atoms with Crippen LogP contribution in [0.3, 0.4) is 0 Å². The van der Waals surface area contributed by atoms with E-state index in [2.05, 4.69) is 9.47 Å². The summed E-state index contributed by atoms with van der Waals surface area (Å²) in [4.78, 5) is 10.5. The second kappa shape index (κ2) is 6.50. The fraction of sp³-hybridized carbons (Fsp3) is 0.909. The lowest BCUT2D eigenvalue weighted by atomic mass is 9.88. The van der Waals surface area contributed by atoms with Crippen molar-refractivity contribution in [3.8, 4) is 0 Å². The summed E-state index contributed by atoms with van der Waals surface area (Å²) in [7, 11) is 0. The molecule has 1 aliphatic rings. The summed E-state index contributed by atoms with van der Waals surface area (Å²) in [5.41, 5.74) is 0. The Morgan fingerprint density at radius 2 is 1.07 bits per heavy atom. The zero-order valence-electron chi connectivity index (χ0n) is 12.7. The predicted molar refractivity (Wildman–Crippen MR) is 57.7 cm³/mol. The van der Waals surface area contributed by atoms with Crippen LogP contribution in [0.25, 0.3) is 0 Å². The first-order valence-electron chi connectivity index (χ1n) is 6.58. The number of hydrogen-bond donors (Lipinski definition) is 1. The minimum absolute atomic E-state index is 1.14. The van der Waals surface area contributed by atoms with Gasteiger partial charge in [0, 0.05) is 0 Å². The minimum Gasteiger partial charge on any atom is -0.481 e. The van der Waals surface area contributed by atoms with E-state index in [-0.39, 0.29) is 0 Å². The second-order valence-electron chi connectivity index (χ2n) is 5.39. The normalized spacial score (nSPS) is 19.8. The van der Waals surface area contributed by atoms with Crippen molar-refractivity contribution in [3.05, 3.63) is 0 Å². The van der Waals surface area contributed by atoms with Gasteiger partial charge in [-0.25, -0.2) is 0 Å². The Labute approximate surface area is 145 Å². The number of aliphatic carboxylic acids is 1. The average molecular weight is 450 g/mol. The van der Waals surface area contributed by atoms with Crippen LogP contribution in [-0.2, 0) is 14.3 Å². The molecule has 28 heavy (non-hydrogen) atoms. The number of halogens is 13. The van der Waals surface area contributed by atoms with Gasteiger partial charge in [0.1, 0.15) is 6.42 Å². The number of carbonyl (C=O) groups is 1. The summed E-state index contributed by atoms with van der Waals surface area (Å²) in [5, 5.41) is 8.42. The summed E-state index contributed by atoms with van der Waals surface area (Å²) in [5.74, 6) is -45.5.